The molecule has 6 atom stereocenters. The number of terminal acetylenes is 1. The SMILES string of the molecule is C#Cc1c(F)ccc2cc(OP(=O)(N[C@@H](C)C(=O)OC)Oc3ccccc3)cc(-c3ncc4c(N5CC6CCC(C5)N6)nc(OC[C@@]56CCCN5C[C@H](F)C6)nc4c3F)c12. The number of nitrogens with one attached hydrogen (secondary N) is 2. The third kappa shape index (κ3) is 7.49. The highest BCUT2D eigenvalue weighted by atomic mass is 31.2. The van der Waals surface area contributed by atoms with Crippen molar-refractivity contribution in [3.05, 3.63) is 78.0 Å². The van der Waals surface area contributed by atoms with Crippen LogP contribution >= 0.6 is 7.75 Å². The van der Waals surface area contributed by atoms with Crippen LogP contribution < -0.4 is 29.1 Å². The molecule has 4 saturated heterocycles. The molecule has 0 spiro atoms. The summed E-state index contributed by atoms with van der Waals surface area (Å²) < 4.78 is 85.2. The van der Waals surface area contributed by atoms with Crippen LogP contribution in [-0.2, 0) is 14.1 Å². The van der Waals surface area contributed by atoms with Crippen LogP contribution in [0.25, 0.3) is 32.9 Å². The Morgan fingerprint density at radius 1 is 1.08 bits per heavy atom. The zero-order valence-electron chi connectivity index (χ0n) is 33.0. The number of para-hydroxylation sites is 1. The molecule has 6 heterocycles. The molecular weight excluding hydrogens is 798 g/mol. The molecule has 17 heteroatoms. The number of fused-ring (bicyclic) bond motifs is 5. The second kappa shape index (κ2) is 15.9. The van der Waals surface area contributed by atoms with E-state index in [1.54, 1.807) is 30.3 Å². The van der Waals surface area contributed by atoms with Crippen molar-refractivity contribution in [3.63, 3.8) is 0 Å². The van der Waals surface area contributed by atoms with Gasteiger partial charge in [0.15, 0.2) is 5.82 Å². The van der Waals surface area contributed by atoms with Gasteiger partial charge >= 0.3 is 19.7 Å². The van der Waals surface area contributed by atoms with E-state index in [2.05, 4.69) is 36.1 Å². The Balaban J connectivity index is 1.17. The van der Waals surface area contributed by atoms with Crippen molar-refractivity contribution in [3.8, 4) is 41.1 Å². The van der Waals surface area contributed by atoms with Crippen LogP contribution in [0.3, 0.4) is 0 Å². The van der Waals surface area contributed by atoms with Crippen LogP contribution in [-0.4, -0.2) is 95.6 Å². The molecule has 0 amide bonds. The normalized spacial score (nSPS) is 23.9. The lowest BCUT2D eigenvalue weighted by Gasteiger charge is -2.34. The van der Waals surface area contributed by atoms with Crippen molar-refractivity contribution in [2.75, 3.05) is 44.8 Å². The number of carbonyl (C=O) groups is 1. The number of alkyl halides is 1. The molecule has 4 fully saturated rings. The number of hydrogen-bond donors (Lipinski definition) is 2. The van der Waals surface area contributed by atoms with Gasteiger partial charge in [-0.15, -0.1) is 6.42 Å². The third-order valence-corrected chi connectivity index (χ3v) is 13.5. The number of hydrogen-bond acceptors (Lipinski definition) is 12. The topological polar surface area (TPSA) is 140 Å². The van der Waals surface area contributed by atoms with Crippen molar-refractivity contribution < 1.29 is 41.1 Å². The molecule has 3 aromatic carbocycles. The van der Waals surface area contributed by atoms with E-state index in [0.29, 0.717) is 42.6 Å². The Morgan fingerprint density at radius 3 is 2.60 bits per heavy atom. The molecule has 4 aliphatic rings. The van der Waals surface area contributed by atoms with E-state index in [-0.39, 0.29) is 63.9 Å². The molecule has 312 valence electrons. The lowest BCUT2D eigenvalue weighted by molar-refractivity contribution is -0.142. The van der Waals surface area contributed by atoms with Gasteiger partial charge in [-0.1, -0.05) is 30.2 Å². The van der Waals surface area contributed by atoms with Crippen molar-refractivity contribution >= 4 is 41.2 Å². The van der Waals surface area contributed by atoms with Crippen LogP contribution in [0.1, 0.15) is 44.6 Å². The Hall–Kier alpha value is -5.46. The second-order valence-corrected chi connectivity index (χ2v) is 17.5. The summed E-state index contributed by atoms with van der Waals surface area (Å²) in [4.78, 5) is 30.7. The Bertz CT molecular complexity index is 2570. The number of carbonyl (C=O) groups excluding carboxylic acids is 1. The molecule has 4 aliphatic heterocycles. The van der Waals surface area contributed by atoms with E-state index in [9.17, 15) is 13.8 Å². The smallest absolute Gasteiger partial charge is 0.468 e. The molecule has 0 aliphatic carbocycles. The first kappa shape index (κ1) is 40.0. The van der Waals surface area contributed by atoms with E-state index < -0.39 is 43.1 Å². The van der Waals surface area contributed by atoms with Crippen LogP contribution in [0.15, 0.2) is 60.8 Å². The Labute approximate surface area is 344 Å². The molecule has 5 aromatic rings. The Morgan fingerprint density at radius 2 is 1.85 bits per heavy atom. The molecule has 2 N–H and O–H groups in total. The number of halogens is 3. The number of esters is 1. The van der Waals surface area contributed by atoms with Gasteiger partial charge in [-0.2, -0.15) is 15.1 Å². The summed E-state index contributed by atoms with van der Waals surface area (Å²) in [6, 6.07) is 12.8. The van der Waals surface area contributed by atoms with E-state index >= 15 is 8.78 Å². The minimum atomic E-state index is -4.47. The first-order chi connectivity index (χ1) is 28.9. The highest BCUT2D eigenvalue weighted by molar-refractivity contribution is 7.52. The molecule has 2 aromatic heterocycles. The minimum absolute atomic E-state index is 0.00454. The van der Waals surface area contributed by atoms with Crippen LogP contribution in [0.2, 0.25) is 0 Å². The lowest BCUT2D eigenvalue weighted by Crippen LogP contribution is -2.51. The van der Waals surface area contributed by atoms with Gasteiger partial charge in [-0.25, -0.2) is 17.7 Å². The van der Waals surface area contributed by atoms with Gasteiger partial charge < -0.3 is 28.7 Å². The first-order valence-electron chi connectivity index (χ1n) is 20.0. The monoisotopic (exact) mass is 841 g/mol. The van der Waals surface area contributed by atoms with Gasteiger partial charge in [-0.05, 0) is 74.9 Å². The molecule has 0 radical (unpaired) electrons. The fourth-order valence-corrected chi connectivity index (χ4v) is 10.7. The summed E-state index contributed by atoms with van der Waals surface area (Å²) in [6.45, 7) is 3.90. The van der Waals surface area contributed by atoms with Crippen molar-refractivity contribution in [1.82, 2.24) is 30.3 Å². The fraction of sp³-hybridized carbons (Fsp3) is 0.395. The summed E-state index contributed by atoms with van der Waals surface area (Å²) >= 11 is 0. The molecule has 0 saturated carbocycles. The number of ether oxygens (including phenoxy) is 2. The zero-order valence-corrected chi connectivity index (χ0v) is 33.9. The predicted molar refractivity (Wildman–Crippen MR) is 219 cm³/mol. The summed E-state index contributed by atoms with van der Waals surface area (Å²) in [5.74, 6) is 0.547. The van der Waals surface area contributed by atoms with E-state index in [1.807, 2.05) is 0 Å². The highest BCUT2D eigenvalue weighted by Gasteiger charge is 2.49. The number of pyridine rings is 1. The quantitative estimate of drug-likeness (QED) is 0.0782. The maximum Gasteiger partial charge on any atom is 0.513 e. The molecule has 13 nitrogen and oxygen atoms in total. The van der Waals surface area contributed by atoms with Crippen molar-refractivity contribution in [2.45, 2.75) is 68.9 Å². The molecule has 3 unspecified atom stereocenters. The summed E-state index contributed by atoms with van der Waals surface area (Å²) in [5.41, 5.74) is -1.03. The molecule has 9 rings (SSSR count). The lowest BCUT2D eigenvalue weighted by atomic mass is 9.95. The number of rotatable bonds is 12. The van der Waals surface area contributed by atoms with Crippen LogP contribution in [0.4, 0.5) is 19.0 Å². The van der Waals surface area contributed by atoms with Crippen molar-refractivity contribution in [2.24, 2.45) is 0 Å². The fourth-order valence-electron chi connectivity index (χ4n) is 9.22. The largest absolute Gasteiger partial charge is 0.513 e. The molecule has 60 heavy (non-hydrogen) atoms. The van der Waals surface area contributed by atoms with Gasteiger partial charge in [0.1, 0.15) is 53.2 Å². The number of nitrogens with zero attached hydrogens (tertiary/aromatic N) is 5. The van der Waals surface area contributed by atoms with Crippen molar-refractivity contribution in [1.29, 1.82) is 0 Å². The number of methoxy groups -OCH3 is 1. The van der Waals surface area contributed by atoms with E-state index in [4.69, 9.17) is 29.9 Å². The number of piperazine rings is 1. The summed E-state index contributed by atoms with van der Waals surface area (Å²) in [5, 5.41) is 6.99. The number of benzene rings is 3. The average molecular weight is 842 g/mol. The summed E-state index contributed by atoms with van der Waals surface area (Å²) in [6.07, 6.45) is 10.4. The van der Waals surface area contributed by atoms with E-state index in [0.717, 1.165) is 38.3 Å². The van der Waals surface area contributed by atoms with Gasteiger partial charge in [0.25, 0.3) is 0 Å². The third-order valence-electron chi connectivity index (χ3n) is 11.9. The average Bonchev–Trinajstić information content (AvgIpc) is 3.89. The summed E-state index contributed by atoms with van der Waals surface area (Å²) in [7, 11) is -3.29. The highest BCUT2D eigenvalue weighted by Crippen LogP contribution is 2.48. The van der Waals surface area contributed by atoms with Gasteiger partial charge in [0.2, 0.25) is 0 Å². The predicted octanol–water partition coefficient (Wildman–Crippen LogP) is 6.72. The van der Waals surface area contributed by atoms with Crippen LogP contribution in [0, 0.1) is 24.0 Å². The Kier molecular flexibility index (Phi) is 10.6. The standard InChI is InChI=1S/C43H43F3N7O6P/c1-4-32-35(45)14-11-26-17-31(59-60(55,51-25(2)41(54)56-3)58-30-9-6-5-7-10-30)18-33(36(26)32)38-37(46)39-34(20-47-38)40(52-22-28-12-13-29(23-52)48-28)50-42(49-39)57-24-43-15-8-16-53(43)21-27(44)19-43/h1,5-7,9-11,14,17-18,20,25,27-29,48H,8,12-13,15-16,19,21-24H2,2-3H3,(H,51,55)/t25-,27+,28?,29?,43-,60?/m0/s1. The maximum absolute atomic E-state index is 17.5. The van der Waals surface area contributed by atoms with Gasteiger partial charge in [0.05, 0.1) is 23.6 Å². The molecular formula is C43H43F3N7O6P. The maximum atomic E-state index is 17.5. The minimum Gasteiger partial charge on any atom is -0.468 e. The number of anilines is 1. The van der Waals surface area contributed by atoms with Gasteiger partial charge in [-0.3, -0.25) is 14.7 Å². The van der Waals surface area contributed by atoms with E-state index in [1.165, 1.54) is 38.4 Å². The number of aromatic nitrogens is 3. The second-order valence-electron chi connectivity index (χ2n) is 15.9. The van der Waals surface area contributed by atoms with Gasteiger partial charge in [0, 0.05) is 55.3 Å². The van der Waals surface area contributed by atoms with Crippen LogP contribution in [0.5, 0.6) is 17.5 Å². The molecule has 2 bridgehead atoms. The first-order valence-corrected chi connectivity index (χ1v) is 21.5. The zero-order chi connectivity index (χ0) is 41.8.